The van der Waals surface area contributed by atoms with E-state index in [-0.39, 0.29) is 10.8 Å². The quantitative estimate of drug-likeness (QED) is 0.629. The molecule has 26 heavy (non-hydrogen) atoms. The van der Waals surface area contributed by atoms with E-state index in [1.807, 2.05) is 0 Å². The Kier molecular flexibility index (Phi) is 4.19. The van der Waals surface area contributed by atoms with Crippen LogP contribution in [-0.2, 0) is 10.8 Å². The number of hydrogen-bond acceptors (Lipinski definition) is 6. The minimum atomic E-state index is -0.00473. The summed E-state index contributed by atoms with van der Waals surface area (Å²) in [6, 6.07) is 0. The standard InChI is InChI=1S/C20H26O4S2/c1-19(2,3)17-13-11(21-7-9-23-13)15(25-17)16-12-14(24-10-8-22-12)18(26-16)20(4,5)6/h7-10H2,1-6H3. The van der Waals surface area contributed by atoms with E-state index in [2.05, 4.69) is 41.5 Å². The van der Waals surface area contributed by atoms with E-state index in [9.17, 15) is 0 Å². The fourth-order valence-corrected chi connectivity index (χ4v) is 5.81. The zero-order valence-corrected chi connectivity index (χ0v) is 17.9. The second-order valence-electron chi connectivity index (χ2n) is 8.73. The van der Waals surface area contributed by atoms with Gasteiger partial charge in [0.25, 0.3) is 0 Å². The molecule has 0 bridgehead atoms. The van der Waals surface area contributed by atoms with Crippen molar-refractivity contribution in [3.63, 3.8) is 0 Å². The molecule has 0 saturated heterocycles. The average Bonchev–Trinajstić information content (AvgIpc) is 3.12. The van der Waals surface area contributed by atoms with Gasteiger partial charge in [0, 0.05) is 10.8 Å². The Morgan fingerprint density at radius 3 is 1.15 bits per heavy atom. The summed E-state index contributed by atoms with van der Waals surface area (Å²) in [7, 11) is 0. The lowest BCUT2D eigenvalue weighted by Gasteiger charge is -2.22. The van der Waals surface area contributed by atoms with Gasteiger partial charge in [-0.2, -0.15) is 0 Å². The minimum Gasteiger partial charge on any atom is -0.485 e. The SMILES string of the molecule is CC(C)(C)c1sc(-c2sc(C(C)(C)C)c3c2OCCO3)c2c1OCCO2. The fourth-order valence-electron chi connectivity index (χ4n) is 3.19. The highest BCUT2D eigenvalue weighted by Crippen LogP contribution is 2.60. The van der Waals surface area contributed by atoms with Gasteiger partial charge in [0.15, 0.2) is 23.0 Å². The topological polar surface area (TPSA) is 36.9 Å². The number of ether oxygens (including phenoxy) is 4. The summed E-state index contributed by atoms with van der Waals surface area (Å²) in [5, 5.41) is 0. The molecule has 0 aromatic carbocycles. The molecule has 4 heterocycles. The Labute approximate surface area is 163 Å². The minimum absolute atomic E-state index is 0.00473. The maximum atomic E-state index is 6.07. The second kappa shape index (κ2) is 6.06. The first-order chi connectivity index (χ1) is 12.2. The van der Waals surface area contributed by atoms with Gasteiger partial charge in [0.1, 0.15) is 26.4 Å². The van der Waals surface area contributed by atoms with Crippen LogP contribution in [0, 0.1) is 0 Å². The first-order valence-electron chi connectivity index (χ1n) is 9.04. The van der Waals surface area contributed by atoms with Crippen LogP contribution in [0.1, 0.15) is 51.3 Å². The molecule has 2 aromatic heterocycles. The third-order valence-electron chi connectivity index (χ3n) is 4.37. The molecular formula is C20H26O4S2. The van der Waals surface area contributed by atoms with E-state index in [0.717, 1.165) is 32.8 Å². The van der Waals surface area contributed by atoms with Gasteiger partial charge in [-0.05, 0) is 0 Å². The molecule has 142 valence electrons. The number of fused-ring (bicyclic) bond motifs is 2. The molecule has 0 unspecified atom stereocenters. The van der Waals surface area contributed by atoms with Crippen molar-refractivity contribution < 1.29 is 18.9 Å². The van der Waals surface area contributed by atoms with Crippen LogP contribution < -0.4 is 18.9 Å². The number of hydrogen-bond donors (Lipinski definition) is 0. The molecule has 0 aliphatic carbocycles. The number of rotatable bonds is 1. The predicted molar refractivity (Wildman–Crippen MR) is 107 cm³/mol. The van der Waals surface area contributed by atoms with Crippen molar-refractivity contribution in [3.05, 3.63) is 9.75 Å². The van der Waals surface area contributed by atoms with Gasteiger partial charge in [-0.25, -0.2) is 0 Å². The molecule has 2 aliphatic heterocycles. The van der Waals surface area contributed by atoms with Crippen LogP contribution >= 0.6 is 22.7 Å². The largest absolute Gasteiger partial charge is 0.485 e. The molecule has 0 spiro atoms. The highest BCUT2D eigenvalue weighted by molar-refractivity contribution is 7.23. The Morgan fingerprint density at radius 1 is 0.538 bits per heavy atom. The maximum absolute atomic E-state index is 6.07. The van der Waals surface area contributed by atoms with Crippen LogP contribution in [0.4, 0.5) is 0 Å². The molecule has 0 amide bonds. The monoisotopic (exact) mass is 394 g/mol. The molecule has 0 N–H and O–H groups in total. The lowest BCUT2D eigenvalue weighted by atomic mass is 9.93. The zero-order chi connectivity index (χ0) is 18.7. The zero-order valence-electron chi connectivity index (χ0n) is 16.3. The molecule has 0 radical (unpaired) electrons. The van der Waals surface area contributed by atoms with Crippen molar-refractivity contribution in [2.75, 3.05) is 26.4 Å². The average molecular weight is 395 g/mol. The fraction of sp³-hybridized carbons (Fsp3) is 0.600. The molecule has 0 atom stereocenters. The van der Waals surface area contributed by atoms with Gasteiger partial charge in [0.2, 0.25) is 0 Å². The van der Waals surface area contributed by atoms with Crippen molar-refractivity contribution in [2.24, 2.45) is 0 Å². The van der Waals surface area contributed by atoms with Crippen molar-refractivity contribution in [2.45, 2.75) is 52.4 Å². The van der Waals surface area contributed by atoms with Crippen LogP contribution in [0.3, 0.4) is 0 Å². The van der Waals surface area contributed by atoms with Crippen molar-refractivity contribution >= 4 is 22.7 Å². The first kappa shape index (κ1) is 18.0. The van der Waals surface area contributed by atoms with Gasteiger partial charge < -0.3 is 18.9 Å². The summed E-state index contributed by atoms with van der Waals surface area (Å²) in [5.41, 5.74) is -0.00945. The molecule has 4 nitrogen and oxygen atoms in total. The predicted octanol–water partition coefficient (Wildman–Crippen LogP) is 5.61. The summed E-state index contributed by atoms with van der Waals surface area (Å²) in [6.45, 7) is 15.6. The van der Waals surface area contributed by atoms with Crippen LogP contribution in [-0.4, -0.2) is 26.4 Å². The molecule has 2 aromatic rings. The summed E-state index contributed by atoms with van der Waals surface area (Å²) in [6.07, 6.45) is 0. The first-order valence-corrected chi connectivity index (χ1v) is 10.7. The van der Waals surface area contributed by atoms with Crippen molar-refractivity contribution in [3.8, 4) is 32.8 Å². The van der Waals surface area contributed by atoms with Crippen molar-refractivity contribution in [1.82, 2.24) is 0 Å². The summed E-state index contributed by atoms with van der Waals surface area (Å²) in [4.78, 5) is 4.65. The molecular weight excluding hydrogens is 368 g/mol. The van der Waals surface area contributed by atoms with Gasteiger partial charge in [-0.1, -0.05) is 41.5 Å². The third-order valence-corrected chi connectivity index (χ3v) is 7.69. The molecule has 0 fully saturated rings. The van der Waals surface area contributed by atoms with E-state index in [4.69, 9.17) is 18.9 Å². The third kappa shape index (κ3) is 2.87. The Bertz CT molecular complexity index is 763. The Hall–Kier alpha value is -1.40. The highest BCUT2D eigenvalue weighted by atomic mass is 32.1. The van der Waals surface area contributed by atoms with Crippen LogP contribution in [0.2, 0.25) is 0 Å². The van der Waals surface area contributed by atoms with Crippen LogP contribution in [0.15, 0.2) is 0 Å². The van der Waals surface area contributed by atoms with Gasteiger partial charge in [-0.3, -0.25) is 0 Å². The normalized spacial score (nSPS) is 16.7. The molecule has 2 aliphatic rings. The molecule has 4 rings (SSSR count). The van der Waals surface area contributed by atoms with E-state index >= 15 is 0 Å². The van der Waals surface area contributed by atoms with Crippen molar-refractivity contribution in [1.29, 1.82) is 0 Å². The smallest absolute Gasteiger partial charge is 0.181 e. The van der Waals surface area contributed by atoms with E-state index in [1.165, 1.54) is 9.75 Å². The molecule has 6 heteroatoms. The van der Waals surface area contributed by atoms with Gasteiger partial charge in [0.05, 0.1) is 19.5 Å². The summed E-state index contributed by atoms with van der Waals surface area (Å²) >= 11 is 3.51. The maximum Gasteiger partial charge on any atom is 0.181 e. The number of thiophene rings is 2. The van der Waals surface area contributed by atoms with Crippen LogP contribution in [0.25, 0.3) is 9.75 Å². The summed E-state index contributed by atoms with van der Waals surface area (Å²) < 4.78 is 24.2. The highest BCUT2D eigenvalue weighted by Gasteiger charge is 2.37. The lowest BCUT2D eigenvalue weighted by Crippen LogP contribution is -2.18. The Balaban J connectivity index is 1.94. The summed E-state index contributed by atoms with van der Waals surface area (Å²) in [5.74, 6) is 3.54. The Morgan fingerprint density at radius 2 is 0.846 bits per heavy atom. The second-order valence-corrected chi connectivity index (χ2v) is 10.8. The van der Waals surface area contributed by atoms with Crippen LogP contribution in [0.5, 0.6) is 23.0 Å². The van der Waals surface area contributed by atoms with Gasteiger partial charge >= 0.3 is 0 Å². The lowest BCUT2D eigenvalue weighted by molar-refractivity contribution is 0.169. The van der Waals surface area contributed by atoms with E-state index in [1.54, 1.807) is 22.7 Å². The molecule has 0 saturated carbocycles. The van der Waals surface area contributed by atoms with Gasteiger partial charge in [-0.15, -0.1) is 22.7 Å². The van der Waals surface area contributed by atoms with E-state index in [0.29, 0.717) is 26.4 Å². The van der Waals surface area contributed by atoms with E-state index < -0.39 is 0 Å².